The van der Waals surface area contributed by atoms with Crippen molar-refractivity contribution in [3.8, 4) is 22.3 Å². The van der Waals surface area contributed by atoms with E-state index >= 15 is 0 Å². The number of fused-ring (bicyclic) bond motifs is 15. The smallest absolute Gasteiger partial charge is 0.0571 e. The molecule has 0 radical (unpaired) electrons. The molecule has 2 heteroatoms. The summed E-state index contributed by atoms with van der Waals surface area (Å²) in [6.07, 6.45) is 7.70. The molecule has 0 atom stereocenters. The largest absolute Gasteiger partial charge is 0.340 e. The molecule has 10 aromatic carbocycles. The third kappa shape index (κ3) is 5.73. The molecule has 0 unspecified atom stereocenters. The fraction of sp³-hybridized carbons (Fsp3) is 0.138. The zero-order valence-corrected chi connectivity index (χ0v) is 34.8. The van der Waals surface area contributed by atoms with Gasteiger partial charge in [-0.05, 0) is 96.0 Å². The van der Waals surface area contributed by atoms with Gasteiger partial charge < -0.3 is 4.57 Å². The zero-order valence-electron chi connectivity index (χ0n) is 34.0. The lowest BCUT2D eigenvalue weighted by atomic mass is 9.96. The molecule has 0 bridgehead atoms. The quantitative estimate of drug-likeness (QED) is 0.101. The Hall–Kier alpha value is -6.48. The van der Waals surface area contributed by atoms with Crippen molar-refractivity contribution < 1.29 is 0 Å². The second-order valence-corrected chi connectivity index (χ2v) is 18.0. The van der Waals surface area contributed by atoms with Crippen molar-refractivity contribution in [3.63, 3.8) is 0 Å². The molecule has 0 saturated heterocycles. The lowest BCUT2D eigenvalue weighted by Gasteiger charge is -2.11. The maximum atomic E-state index is 2.67. The lowest BCUT2D eigenvalue weighted by molar-refractivity contribution is 0.571. The molecule has 12 rings (SSSR count). The maximum Gasteiger partial charge on any atom is 0.0571 e. The molecular formula is C58H45NS. The standard InChI is InChI=1S/C58H45NS/c1-2-3-4-5-6-11-32-59-55-35-41(39-20-24-47-43(33-39)18-16-37-12-7-9-14-45(37)47)22-26-49(55)51-28-31-54-52(57(51)59)29-30-53-50-27-23-42(36-56(50)60-58(53)54)40-21-25-48-44(34-40)19-17-38-13-8-10-15-46(38)48/h7-10,12-31,33-36H,2-6,11,32H2,1H3. The van der Waals surface area contributed by atoms with Crippen LogP contribution >= 0.6 is 11.3 Å². The monoisotopic (exact) mass is 787 g/mol. The Morgan fingerprint density at radius 1 is 0.367 bits per heavy atom. The molecule has 2 heterocycles. The van der Waals surface area contributed by atoms with Crippen molar-refractivity contribution in [3.05, 3.63) is 170 Å². The molecule has 0 saturated carbocycles. The summed E-state index contributed by atoms with van der Waals surface area (Å²) < 4.78 is 5.40. The van der Waals surface area contributed by atoms with Gasteiger partial charge in [-0.2, -0.15) is 0 Å². The van der Waals surface area contributed by atoms with Gasteiger partial charge in [-0.1, -0.05) is 185 Å². The van der Waals surface area contributed by atoms with Gasteiger partial charge in [0.25, 0.3) is 0 Å². The van der Waals surface area contributed by atoms with Gasteiger partial charge in [0.2, 0.25) is 0 Å². The third-order valence-electron chi connectivity index (χ3n) is 13.3. The van der Waals surface area contributed by atoms with Crippen LogP contribution in [-0.4, -0.2) is 4.57 Å². The van der Waals surface area contributed by atoms with Gasteiger partial charge in [0.15, 0.2) is 0 Å². The van der Waals surface area contributed by atoms with Crippen LogP contribution in [0.5, 0.6) is 0 Å². The normalized spacial score (nSPS) is 12.2. The predicted molar refractivity (Wildman–Crippen MR) is 264 cm³/mol. The molecule has 0 spiro atoms. The fourth-order valence-corrected chi connectivity index (χ4v) is 11.5. The zero-order chi connectivity index (χ0) is 39.7. The molecule has 0 aliphatic rings. The van der Waals surface area contributed by atoms with Gasteiger partial charge in [-0.3, -0.25) is 0 Å². The SMILES string of the molecule is CCCCCCCCn1c2cc(-c3ccc4c(ccc5ccccc54)c3)ccc2c2ccc3c(ccc4c5ccc(-c6ccc7c(ccc8ccccc87)c6)cc5sc43)c21. The minimum absolute atomic E-state index is 1.02. The van der Waals surface area contributed by atoms with E-state index in [0.29, 0.717) is 0 Å². The van der Waals surface area contributed by atoms with Gasteiger partial charge in [0.1, 0.15) is 0 Å². The maximum absolute atomic E-state index is 2.67. The lowest BCUT2D eigenvalue weighted by Crippen LogP contribution is -1.98. The number of hydrogen-bond acceptors (Lipinski definition) is 1. The minimum Gasteiger partial charge on any atom is -0.340 e. The van der Waals surface area contributed by atoms with Gasteiger partial charge in [-0.15, -0.1) is 11.3 Å². The van der Waals surface area contributed by atoms with Crippen molar-refractivity contribution >= 4 is 107 Å². The number of unbranched alkanes of at least 4 members (excludes halogenated alkanes) is 5. The van der Waals surface area contributed by atoms with Crippen LogP contribution < -0.4 is 0 Å². The summed E-state index contributed by atoms with van der Waals surface area (Å²) in [5.74, 6) is 0. The van der Waals surface area contributed by atoms with Crippen LogP contribution in [0.4, 0.5) is 0 Å². The van der Waals surface area contributed by atoms with Gasteiger partial charge in [0, 0.05) is 53.8 Å². The van der Waals surface area contributed by atoms with Gasteiger partial charge in [0.05, 0.1) is 5.52 Å². The molecule has 12 aromatic rings. The molecule has 0 aliphatic carbocycles. The van der Waals surface area contributed by atoms with Crippen LogP contribution in [0, 0.1) is 0 Å². The number of hydrogen-bond donors (Lipinski definition) is 0. The first-order valence-corrected chi connectivity index (χ1v) is 22.7. The Labute approximate surface area is 354 Å². The second-order valence-electron chi connectivity index (χ2n) is 16.9. The second kappa shape index (κ2) is 14.4. The van der Waals surface area contributed by atoms with E-state index in [0.717, 1.165) is 6.54 Å². The highest BCUT2D eigenvalue weighted by molar-refractivity contribution is 7.26. The van der Waals surface area contributed by atoms with E-state index in [1.54, 1.807) is 0 Å². The first-order chi connectivity index (χ1) is 29.7. The molecule has 0 fully saturated rings. The van der Waals surface area contributed by atoms with Crippen LogP contribution in [0.1, 0.15) is 45.4 Å². The first-order valence-electron chi connectivity index (χ1n) is 21.9. The van der Waals surface area contributed by atoms with E-state index in [4.69, 9.17) is 0 Å². The van der Waals surface area contributed by atoms with Gasteiger partial charge >= 0.3 is 0 Å². The number of aromatic nitrogens is 1. The predicted octanol–water partition coefficient (Wildman–Crippen LogP) is 17.6. The fourth-order valence-electron chi connectivity index (χ4n) is 10.3. The average molecular weight is 788 g/mol. The van der Waals surface area contributed by atoms with E-state index < -0.39 is 0 Å². The summed E-state index contributed by atoms with van der Waals surface area (Å²) in [5.41, 5.74) is 7.79. The first kappa shape index (κ1) is 35.5. The van der Waals surface area contributed by atoms with Crippen LogP contribution in [0.15, 0.2) is 170 Å². The Balaban J connectivity index is 0.983. The number of rotatable bonds is 9. The van der Waals surface area contributed by atoms with Crippen LogP contribution in [-0.2, 0) is 6.54 Å². The van der Waals surface area contributed by atoms with Crippen molar-refractivity contribution in [1.29, 1.82) is 0 Å². The average Bonchev–Trinajstić information content (AvgIpc) is 3.84. The topological polar surface area (TPSA) is 4.93 Å². The van der Waals surface area contributed by atoms with E-state index in [2.05, 4.69) is 181 Å². The summed E-state index contributed by atoms with van der Waals surface area (Å²) >= 11 is 1.95. The summed E-state index contributed by atoms with van der Waals surface area (Å²) in [5, 5.41) is 18.5. The summed E-state index contributed by atoms with van der Waals surface area (Å²) in [6.45, 7) is 3.32. The van der Waals surface area contributed by atoms with Crippen molar-refractivity contribution in [2.24, 2.45) is 0 Å². The molecule has 1 nitrogen and oxygen atoms in total. The molecule has 288 valence electrons. The van der Waals surface area contributed by atoms with Crippen LogP contribution in [0.25, 0.3) is 118 Å². The van der Waals surface area contributed by atoms with E-state index in [1.807, 2.05) is 11.3 Å². The molecule has 2 aromatic heterocycles. The summed E-state index contributed by atoms with van der Waals surface area (Å²) in [6, 6.07) is 64.3. The number of nitrogens with zero attached hydrogens (tertiary/aromatic N) is 1. The van der Waals surface area contributed by atoms with Crippen LogP contribution in [0.3, 0.4) is 0 Å². The highest BCUT2D eigenvalue weighted by Crippen LogP contribution is 2.44. The third-order valence-corrected chi connectivity index (χ3v) is 14.5. The Morgan fingerprint density at radius 2 is 0.833 bits per heavy atom. The Bertz CT molecular complexity index is 3660. The summed E-state index contributed by atoms with van der Waals surface area (Å²) in [7, 11) is 0. The Morgan fingerprint density at radius 3 is 1.50 bits per heavy atom. The van der Waals surface area contributed by atoms with E-state index in [-0.39, 0.29) is 0 Å². The van der Waals surface area contributed by atoms with Crippen LogP contribution in [0.2, 0.25) is 0 Å². The van der Waals surface area contributed by atoms with Crippen molar-refractivity contribution in [1.82, 2.24) is 4.57 Å². The number of aryl methyl sites for hydroxylation is 1. The number of benzene rings is 10. The van der Waals surface area contributed by atoms with Gasteiger partial charge in [-0.25, -0.2) is 0 Å². The van der Waals surface area contributed by atoms with E-state index in [1.165, 1.54) is 157 Å². The summed E-state index contributed by atoms with van der Waals surface area (Å²) in [4.78, 5) is 0. The molecular weight excluding hydrogens is 743 g/mol. The van der Waals surface area contributed by atoms with Crippen molar-refractivity contribution in [2.75, 3.05) is 0 Å². The molecule has 0 aliphatic heterocycles. The molecule has 60 heavy (non-hydrogen) atoms. The molecule has 0 N–H and O–H groups in total. The number of thiophene rings is 1. The Kier molecular flexibility index (Phi) is 8.49. The minimum atomic E-state index is 1.02. The highest BCUT2D eigenvalue weighted by atomic mass is 32.1. The highest BCUT2D eigenvalue weighted by Gasteiger charge is 2.18. The van der Waals surface area contributed by atoms with Crippen molar-refractivity contribution in [2.45, 2.75) is 52.0 Å². The molecule has 0 amide bonds. The van der Waals surface area contributed by atoms with E-state index in [9.17, 15) is 0 Å².